The molecule has 4 aromatic rings. The number of benzene rings is 2. The highest BCUT2D eigenvalue weighted by Gasteiger charge is 2.19. The molecule has 8 nitrogen and oxygen atoms in total. The normalized spacial score (nSPS) is 12.1. The highest BCUT2D eigenvalue weighted by molar-refractivity contribution is 7.90. The number of sulfone groups is 1. The van der Waals surface area contributed by atoms with Gasteiger partial charge in [-0.1, -0.05) is 6.07 Å². The van der Waals surface area contributed by atoms with Crippen LogP contribution < -0.4 is 10.1 Å². The quantitative estimate of drug-likeness (QED) is 0.366. The summed E-state index contributed by atoms with van der Waals surface area (Å²) in [6.45, 7) is 9.38. The predicted molar refractivity (Wildman–Crippen MR) is 140 cm³/mol. The molecule has 194 valence electrons. The Kier molecular flexibility index (Phi) is 6.81. The lowest BCUT2D eigenvalue weighted by Crippen LogP contribution is -2.22. The van der Waals surface area contributed by atoms with E-state index in [-0.39, 0.29) is 34.3 Å². The Morgan fingerprint density at radius 2 is 1.86 bits per heavy atom. The number of aryl methyl sites for hydroxylation is 2. The van der Waals surface area contributed by atoms with E-state index in [2.05, 4.69) is 15.4 Å². The molecule has 0 saturated heterocycles. The number of hydrogen-bond acceptors (Lipinski definition) is 6. The molecule has 2 aromatic carbocycles. The second-order valence-corrected chi connectivity index (χ2v) is 12.1. The van der Waals surface area contributed by atoms with E-state index in [4.69, 9.17) is 4.74 Å². The number of aromatic nitrogens is 3. The molecule has 1 N–H and O–H groups in total. The van der Waals surface area contributed by atoms with E-state index in [1.807, 2.05) is 20.8 Å². The lowest BCUT2D eigenvalue weighted by atomic mass is 10.1. The number of carbonyl (C=O) groups is 1. The number of nitrogens with one attached hydrogen (secondary N) is 1. The number of carbonyl (C=O) groups excluding carboxylic acids is 1. The number of nitrogens with zero attached hydrogens (tertiary/aromatic N) is 3. The van der Waals surface area contributed by atoms with Crippen molar-refractivity contribution in [3.05, 3.63) is 71.4 Å². The second kappa shape index (κ2) is 9.59. The maximum atomic E-state index is 15.2. The first-order chi connectivity index (χ1) is 17.2. The molecule has 37 heavy (non-hydrogen) atoms. The largest absolute Gasteiger partial charge is 0.453 e. The first kappa shape index (κ1) is 26.3. The molecule has 0 radical (unpaired) electrons. The van der Waals surface area contributed by atoms with Crippen LogP contribution in [0.5, 0.6) is 11.5 Å². The first-order valence-electron chi connectivity index (χ1n) is 11.6. The molecule has 0 spiro atoms. The van der Waals surface area contributed by atoms with Crippen LogP contribution in [0.3, 0.4) is 0 Å². The standard InChI is InChI=1S/C27H29FN4O4S/c1-16-10-22-20(13-24(16)37(6,34)35)23(7-8-29-22)36-26-17(2)9-18(11-21(26)28)12-25(33)31-19-14-30-32(15-19)27(3,4)5/h7-11,13-15H,12H2,1-6H3,(H,31,33). The predicted octanol–water partition coefficient (Wildman–Crippen LogP) is 5.32. The van der Waals surface area contributed by atoms with E-state index < -0.39 is 15.7 Å². The molecule has 0 bridgehead atoms. The van der Waals surface area contributed by atoms with Gasteiger partial charge in [-0.2, -0.15) is 5.10 Å². The van der Waals surface area contributed by atoms with Gasteiger partial charge in [0, 0.05) is 24.0 Å². The van der Waals surface area contributed by atoms with Crippen LogP contribution >= 0.6 is 0 Å². The molecule has 0 aliphatic heterocycles. The molecule has 0 aliphatic carbocycles. The van der Waals surface area contributed by atoms with Crippen LogP contribution in [0, 0.1) is 19.7 Å². The van der Waals surface area contributed by atoms with Crippen LogP contribution in [0.2, 0.25) is 0 Å². The van der Waals surface area contributed by atoms with Gasteiger partial charge in [-0.3, -0.25) is 14.5 Å². The lowest BCUT2D eigenvalue weighted by molar-refractivity contribution is -0.115. The highest BCUT2D eigenvalue weighted by atomic mass is 32.2. The van der Waals surface area contributed by atoms with Crippen LogP contribution in [-0.2, 0) is 26.6 Å². The molecule has 0 saturated carbocycles. The minimum atomic E-state index is -3.48. The molecular formula is C27H29FN4O4S. The van der Waals surface area contributed by atoms with Gasteiger partial charge in [0.2, 0.25) is 5.91 Å². The van der Waals surface area contributed by atoms with Crippen molar-refractivity contribution in [2.45, 2.75) is 51.5 Å². The summed E-state index contributed by atoms with van der Waals surface area (Å²) >= 11 is 0. The monoisotopic (exact) mass is 524 g/mol. The van der Waals surface area contributed by atoms with Crippen molar-refractivity contribution >= 4 is 32.3 Å². The minimum Gasteiger partial charge on any atom is -0.453 e. The molecule has 4 rings (SSSR count). The maximum Gasteiger partial charge on any atom is 0.228 e. The van der Waals surface area contributed by atoms with Gasteiger partial charge < -0.3 is 10.1 Å². The van der Waals surface area contributed by atoms with Crippen molar-refractivity contribution in [3.63, 3.8) is 0 Å². The summed E-state index contributed by atoms with van der Waals surface area (Å²) in [5.74, 6) is -0.670. The third-order valence-corrected chi connectivity index (χ3v) is 7.06. The molecule has 0 aliphatic rings. The third kappa shape index (κ3) is 5.80. The average molecular weight is 525 g/mol. The van der Waals surface area contributed by atoms with Crippen molar-refractivity contribution in [1.82, 2.24) is 14.8 Å². The van der Waals surface area contributed by atoms with Crippen LogP contribution in [0.25, 0.3) is 10.9 Å². The second-order valence-electron chi connectivity index (χ2n) is 10.1. The van der Waals surface area contributed by atoms with E-state index >= 15 is 4.39 Å². The summed E-state index contributed by atoms with van der Waals surface area (Å²) in [5, 5.41) is 7.50. The van der Waals surface area contributed by atoms with Gasteiger partial charge >= 0.3 is 0 Å². The van der Waals surface area contributed by atoms with Crippen molar-refractivity contribution in [2.24, 2.45) is 0 Å². The lowest BCUT2D eigenvalue weighted by Gasteiger charge is -2.18. The number of fused-ring (bicyclic) bond motifs is 1. The number of pyridine rings is 1. The molecule has 2 heterocycles. The van der Waals surface area contributed by atoms with Crippen LogP contribution in [0.15, 0.2) is 53.8 Å². The Hall–Kier alpha value is -3.79. The summed E-state index contributed by atoms with van der Waals surface area (Å²) < 4.78 is 47.2. The first-order valence-corrected chi connectivity index (χ1v) is 13.5. The van der Waals surface area contributed by atoms with Gasteiger partial charge in [-0.05, 0) is 75.6 Å². The van der Waals surface area contributed by atoms with Crippen molar-refractivity contribution in [1.29, 1.82) is 0 Å². The summed E-state index contributed by atoms with van der Waals surface area (Å²) in [5.41, 5.74) is 2.41. The van der Waals surface area contributed by atoms with Crippen molar-refractivity contribution in [3.8, 4) is 11.5 Å². The fraction of sp³-hybridized carbons (Fsp3) is 0.296. The van der Waals surface area contributed by atoms with Gasteiger partial charge in [0.1, 0.15) is 5.75 Å². The zero-order chi connectivity index (χ0) is 27.1. The fourth-order valence-corrected chi connectivity index (χ4v) is 5.00. The van der Waals surface area contributed by atoms with Gasteiger partial charge in [0.05, 0.1) is 34.3 Å². The Morgan fingerprint density at radius 3 is 2.49 bits per heavy atom. The maximum absolute atomic E-state index is 15.2. The summed E-state index contributed by atoms with van der Waals surface area (Å²) in [6, 6.07) is 7.66. The Bertz CT molecular complexity index is 1600. The molecule has 10 heteroatoms. The van der Waals surface area contributed by atoms with Crippen LogP contribution in [0.1, 0.15) is 37.5 Å². The Labute approximate surface area is 215 Å². The van der Waals surface area contributed by atoms with Gasteiger partial charge in [0.25, 0.3) is 0 Å². The summed E-state index contributed by atoms with van der Waals surface area (Å²) in [4.78, 5) is 17.0. The SMILES string of the molecule is Cc1cc2nccc(Oc3c(C)cc(CC(=O)Nc4cnn(C(C)(C)C)c4)cc3F)c2cc1S(C)(=O)=O. The van der Waals surface area contributed by atoms with Crippen LogP contribution in [0.4, 0.5) is 10.1 Å². The zero-order valence-electron chi connectivity index (χ0n) is 21.6. The number of amides is 1. The van der Waals surface area contributed by atoms with E-state index in [9.17, 15) is 13.2 Å². The molecule has 2 aromatic heterocycles. The molecule has 1 amide bonds. The van der Waals surface area contributed by atoms with Crippen molar-refractivity contribution in [2.75, 3.05) is 11.6 Å². The van der Waals surface area contributed by atoms with Gasteiger partial charge in [-0.25, -0.2) is 12.8 Å². The minimum absolute atomic E-state index is 0.00964. The van der Waals surface area contributed by atoms with Gasteiger partial charge in [-0.15, -0.1) is 0 Å². The number of rotatable bonds is 6. The highest BCUT2D eigenvalue weighted by Crippen LogP contribution is 2.35. The van der Waals surface area contributed by atoms with E-state index in [1.54, 1.807) is 49.1 Å². The Balaban J connectivity index is 1.57. The van der Waals surface area contributed by atoms with E-state index in [1.165, 1.54) is 18.3 Å². The number of anilines is 1. The molecule has 0 fully saturated rings. The van der Waals surface area contributed by atoms with Crippen LogP contribution in [-0.4, -0.2) is 35.3 Å². The number of ether oxygens (including phenoxy) is 1. The van der Waals surface area contributed by atoms with E-state index in [0.717, 1.165) is 6.26 Å². The van der Waals surface area contributed by atoms with Crippen molar-refractivity contribution < 1.29 is 22.3 Å². The number of halogens is 1. The smallest absolute Gasteiger partial charge is 0.228 e. The Morgan fingerprint density at radius 1 is 1.14 bits per heavy atom. The summed E-state index contributed by atoms with van der Waals surface area (Å²) in [7, 11) is -3.48. The summed E-state index contributed by atoms with van der Waals surface area (Å²) in [6.07, 6.45) is 5.93. The van der Waals surface area contributed by atoms with E-state index in [0.29, 0.717) is 33.3 Å². The average Bonchev–Trinajstić information content (AvgIpc) is 3.24. The molecule has 0 unspecified atom stereocenters. The molecule has 0 atom stereocenters. The van der Waals surface area contributed by atoms with Gasteiger partial charge in [0.15, 0.2) is 21.4 Å². The third-order valence-electron chi connectivity index (χ3n) is 5.82. The number of hydrogen-bond donors (Lipinski definition) is 1. The molecular weight excluding hydrogens is 495 g/mol. The topological polar surface area (TPSA) is 103 Å². The zero-order valence-corrected chi connectivity index (χ0v) is 22.4. The fourth-order valence-electron chi connectivity index (χ4n) is 4.03.